The second-order valence-corrected chi connectivity index (χ2v) is 9.61. The first-order valence-corrected chi connectivity index (χ1v) is 13.0. The number of rotatable bonds is 18. The fourth-order valence-electron chi connectivity index (χ4n) is 3.45. The molecule has 1 aromatic carbocycles. The predicted molar refractivity (Wildman–Crippen MR) is 151 cm³/mol. The molecule has 0 spiro atoms. The molecule has 196 valence electrons. The predicted octanol–water partition coefficient (Wildman–Crippen LogP) is 7.78. The van der Waals surface area contributed by atoms with Crippen LogP contribution in [0.5, 0.6) is 11.5 Å². The van der Waals surface area contributed by atoms with Gasteiger partial charge in [0.1, 0.15) is 6.61 Å². The molecule has 0 bridgehead atoms. The van der Waals surface area contributed by atoms with Crippen LogP contribution >= 0.6 is 0 Å². The molecule has 4 nitrogen and oxygen atoms in total. The molecule has 0 radical (unpaired) electrons. The summed E-state index contributed by atoms with van der Waals surface area (Å²) in [7, 11) is 1.66. The van der Waals surface area contributed by atoms with E-state index in [9.17, 15) is 0 Å². The third-order valence-electron chi connectivity index (χ3n) is 5.68. The number of hydrogen-bond acceptors (Lipinski definition) is 4. The van der Waals surface area contributed by atoms with Crippen molar-refractivity contribution in [2.75, 3.05) is 46.6 Å². The SMILES string of the molecule is COc1ccccc1OCCOCCN(C/C=C(\C)CCC=C(C)C)C/C=C(\C)CCC=C(C)C. The summed E-state index contributed by atoms with van der Waals surface area (Å²) in [6, 6.07) is 7.70. The van der Waals surface area contributed by atoms with Crippen LogP contribution in [0, 0.1) is 0 Å². The van der Waals surface area contributed by atoms with Gasteiger partial charge in [-0.25, -0.2) is 0 Å². The quantitative estimate of drug-likeness (QED) is 0.158. The van der Waals surface area contributed by atoms with Crippen molar-refractivity contribution in [2.45, 2.75) is 67.2 Å². The van der Waals surface area contributed by atoms with Crippen LogP contribution in [0.1, 0.15) is 67.2 Å². The highest BCUT2D eigenvalue weighted by Gasteiger charge is 2.05. The normalized spacial score (nSPS) is 12.0. The number of allylic oxidation sites excluding steroid dienone is 6. The van der Waals surface area contributed by atoms with Crippen LogP contribution in [-0.2, 0) is 4.74 Å². The maximum atomic E-state index is 5.89. The van der Waals surface area contributed by atoms with E-state index in [4.69, 9.17) is 14.2 Å². The summed E-state index contributed by atoms with van der Waals surface area (Å²) in [4.78, 5) is 2.45. The van der Waals surface area contributed by atoms with E-state index in [2.05, 4.69) is 70.7 Å². The number of para-hydroxylation sites is 2. The Hall–Kier alpha value is -2.30. The third kappa shape index (κ3) is 16.1. The molecule has 0 heterocycles. The van der Waals surface area contributed by atoms with Crippen LogP contribution in [0.4, 0.5) is 0 Å². The average molecular weight is 484 g/mol. The van der Waals surface area contributed by atoms with Crippen LogP contribution in [0.15, 0.2) is 70.9 Å². The number of nitrogens with zero attached hydrogens (tertiary/aromatic N) is 1. The van der Waals surface area contributed by atoms with Crippen molar-refractivity contribution in [3.8, 4) is 11.5 Å². The second kappa shape index (κ2) is 19.0. The van der Waals surface area contributed by atoms with E-state index >= 15 is 0 Å². The lowest BCUT2D eigenvalue weighted by molar-refractivity contribution is 0.0834. The molecule has 4 heteroatoms. The van der Waals surface area contributed by atoms with Gasteiger partial charge in [0.05, 0.1) is 20.3 Å². The molecule has 0 fully saturated rings. The molecule has 1 rings (SSSR count). The van der Waals surface area contributed by atoms with Gasteiger partial charge in [-0.3, -0.25) is 4.90 Å². The van der Waals surface area contributed by atoms with Gasteiger partial charge in [0.25, 0.3) is 0 Å². The van der Waals surface area contributed by atoms with Crippen molar-refractivity contribution < 1.29 is 14.2 Å². The molecule has 0 N–H and O–H groups in total. The Labute approximate surface area is 215 Å². The molecule has 0 unspecified atom stereocenters. The van der Waals surface area contributed by atoms with Crippen LogP contribution in [0.2, 0.25) is 0 Å². The minimum Gasteiger partial charge on any atom is -0.493 e. The summed E-state index contributed by atoms with van der Waals surface area (Å²) >= 11 is 0. The van der Waals surface area contributed by atoms with Gasteiger partial charge in [-0.2, -0.15) is 0 Å². The van der Waals surface area contributed by atoms with Gasteiger partial charge in [-0.15, -0.1) is 0 Å². The van der Waals surface area contributed by atoms with E-state index in [-0.39, 0.29) is 0 Å². The number of benzene rings is 1. The van der Waals surface area contributed by atoms with Crippen molar-refractivity contribution in [1.82, 2.24) is 4.90 Å². The molecule has 0 aliphatic rings. The smallest absolute Gasteiger partial charge is 0.161 e. The van der Waals surface area contributed by atoms with Gasteiger partial charge in [0, 0.05) is 19.6 Å². The van der Waals surface area contributed by atoms with E-state index in [0.717, 1.165) is 56.8 Å². The third-order valence-corrected chi connectivity index (χ3v) is 5.68. The van der Waals surface area contributed by atoms with Gasteiger partial charge in [0.2, 0.25) is 0 Å². The summed E-state index contributed by atoms with van der Waals surface area (Å²) in [5.74, 6) is 1.50. The molecule has 0 atom stereocenters. The van der Waals surface area contributed by atoms with Crippen molar-refractivity contribution in [1.29, 1.82) is 0 Å². The van der Waals surface area contributed by atoms with E-state index in [1.54, 1.807) is 7.11 Å². The summed E-state index contributed by atoms with van der Waals surface area (Å²) in [5, 5.41) is 0. The Balaban J connectivity index is 2.52. The fourth-order valence-corrected chi connectivity index (χ4v) is 3.45. The first-order chi connectivity index (χ1) is 16.8. The Bertz CT molecular complexity index is 787. The van der Waals surface area contributed by atoms with Gasteiger partial charge in [0.15, 0.2) is 11.5 Å². The Kier molecular flexibility index (Phi) is 16.6. The van der Waals surface area contributed by atoms with Crippen LogP contribution < -0.4 is 9.47 Å². The maximum absolute atomic E-state index is 5.89. The molecule has 0 amide bonds. The van der Waals surface area contributed by atoms with Gasteiger partial charge in [-0.1, -0.05) is 58.7 Å². The standard InChI is InChI=1S/C31H49NO3/c1-26(2)12-10-14-28(5)18-20-32(21-19-29(6)15-11-13-27(3)4)22-23-34-24-25-35-31-17-9-8-16-30(31)33-7/h8-9,12-13,16-19H,10-11,14-15,20-25H2,1-7H3/b28-18+,29-19+. The van der Waals surface area contributed by atoms with Crippen LogP contribution in [0.25, 0.3) is 0 Å². The zero-order valence-corrected chi connectivity index (χ0v) is 23.4. The lowest BCUT2D eigenvalue weighted by Crippen LogP contribution is -2.29. The zero-order chi connectivity index (χ0) is 25.9. The molecule has 1 aromatic rings. The van der Waals surface area contributed by atoms with E-state index in [1.165, 1.54) is 22.3 Å². The fraction of sp³-hybridized carbons (Fsp3) is 0.548. The molecule has 0 saturated carbocycles. The minimum absolute atomic E-state index is 0.507. The van der Waals surface area contributed by atoms with Crippen molar-refractivity contribution in [2.24, 2.45) is 0 Å². The summed E-state index contributed by atoms with van der Waals surface area (Å²) in [5.41, 5.74) is 5.67. The summed E-state index contributed by atoms with van der Waals surface area (Å²) in [6.45, 7) is 17.7. The monoisotopic (exact) mass is 483 g/mol. The highest BCUT2D eigenvalue weighted by Crippen LogP contribution is 2.25. The highest BCUT2D eigenvalue weighted by atomic mass is 16.5. The van der Waals surface area contributed by atoms with Crippen LogP contribution in [-0.4, -0.2) is 51.5 Å². The number of ether oxygens (including phenoxy) is 3. The topological polar surface area (TPSA) is 30.9 Å². The molecular weight excluding hydrogens is 434 g/mol. The van der Waals surface area contributed by atoms with Crippen molar-refractivity contribution in [3.05, 3.63) is 70.9 Å². The summed E-state index contributed by atoms with van der Waals surface area (Å²) in [6.07, 6.45) is 13.8. The second-order valence-electron chi connectivity index (χ2n) is 9.61. The number of hydrogen-bond donors (Lipinski definition) is 0. The zero-order valence-electron chi connectivity index (χ0n) is 23.4. The van der Waals surface area contributed by atoms with E-state index in [0.29, 0.717) is 19.8 Å². The molecule has 0 aromatic heterocycles. The molecule has 0 aliphatic carbocycles. The lowest BCUT2D eigenvalue weighted by Gasteiger charge is -2.20. The Morgan fingerprint density at radius 1 is 0.714 bits per heavy atom. The first kappa shape index (κ1) is 30.7. The Morgan fingerprint density at radius 3 is 1.77 bits per heavy atom. The van der Waals surface area contributed by atoms with Crippen LogP contribution in [0.3, 0.4) is 0 Å². The van der Waals surface area contributed by atoms with Gasteiger partial charge in [-0.05, 0) is 79.4 Å². The number of methoxy groups -OCH3 is 1. The van der Waals surface area contributed by atoms with Gasteiger partial charge < -0.3 is 14.2 Å². The largest absolute Gasteiger partial charge is 0.493 e. The Morgan fingerprint density at radius 2 is 1.26 bits per heavy atom. The average Bonchev–Trinajstić information content (AvgIpc) is 2.82. The van der Waals surface area contributed by atoms with Gasteiger partial charge >= 0.3 is 0 Å². The summed E-state index contributed by atoms with van der Waals surface area (Å²) < 4.78 is 17.0. The molecular formula is C31H49NO3. The van der Waals surface area contributed by atoms with E-state index in [1.807, 2.05) is 24.3 Å². The van der Waals surface area contributed by atoms with E-state index < -0.39 is 0 Å². The first-order valence-electron chi connectivity index (χ1n) is 13.0. The lowest BCUT2D eigenvalue weighted by atomic mass is 10.1. The van der Waals surface area contributed by atoms with Crippen molar-refractivity contribution >= 4 is 0 Å². The molecule has 0 saturated heterocycles. The van der Waals surface area contributed by atoms with Crippen molar-refractivity contribution in [3.63, 3.8) is 0 Å². The highest BCUT2D eigenvalue weighted by molar-refractivity contribution is 5.39. The molecule has 35 heavy (non-hydrogen) atoms. The maximum Gasteiger partial charge on any atom is 0.161 e. The molecule has 0 aliphatic heterocycles. The minimum atomic E-state index is 0.507.